The lowest BCUT2D eigenvalue weighted by Gasteiger charge is -2.14. The minimum absolute atomic E-state index is 0.0846. The van der Waals surface area contributed by atoms with Gasteiger partial charge in [0.15, 0.2) is 5.82 Å². The Bertz CT molecular complexity index is 686. The van der Waals surface area contributed by atoms with Gasteiger partial charge < -0.3 is 11.1 Å². The Morgan fingerprint density at radius 3 is 2.65 bits per heavy atom. The SMILES string of the molecule is Cc1ccc(N)c(C)c1NC(=O)c1cccc(Cl)c1F. The second-order valence-electron chi connectivity index (χ2n) is 4.53. The van der Waals surface area contributed by atoms with Crippen LogP contribution in [-0.4, -0.2) is 5.91 Å². The van der Waals surface area contributed by atoms with Gasteiger partial charge in [-0.2, -0.15) is 0 Å². The Balaban J connectivity index is 2.38. The molecule has 5 heteroatoms. The number of anilines is 2. The van der Waals surface area contributed by atoms with Crippen molar-refractivity contribution in [2.75, 3.05) is 11.1 Å². The summed E-state index contributed by atoms with van der Waals surface area (Å²) in [6.45, 7) is 3.64. The van der Waals surface area contributed by atoms with Crippen LogP contribution in [0, 0.1) is 19.7 Å². The highest BCUT2D eigenvalue weighted by molar-refractivity contribution is 6.31. The number of halogens is 2. The maximum absolute atomic E-state index is 13.8. The van der Waals surface area contributed by atoms with Crippen LogP contribution >= 0.6 is 11.6 Å². The first-order chi connectivity index (χ1) is 9.41. The molecule has 0 aromatic heterocycles. The topological polar surface area (TPSA) is 55.1 Å². The van der Waals surface area contributed by atoms with E-state index < -0.39 is 11.7 Å². The van der Waals surface area contributed by atoms with Crippen LogP contribution in [0.1, 0.15) is 21.5 Å². The van der Waals surface area contributed by atoms with Crippen molar-refractivity contribution in [3.05, 3.63) is 57.9 Å². The Morgan fingerprint density at radius 2 is 1.95 bits per heavy atom. The molecular weight excluding hydrogens is 279 g/mol. The van der Waals surface area contributed by atoms with Gasteiger partial charge >= 0.3 is 0 Å². The molecule has 0 bridgehead atoms. The van der Waals surface area contributed by atoms with Gasteiger partial charge in [0.1, 0.15) is 0 Å². The maximum Gasteiger partial charge on any atom is 0.258 e. The Labute approximate surface area is 121 Å². The molecule has 0 aliphatic rings. The predicted octanol–water partition coefficient (Wildman–Crippen LogP) is 3.93. The summed E-state index contributed by atoms with van der Waals surface area (Å²) in [7, 11) is 0. The number of nitrogens with two attached hydrogens (primary N) is 1. The monoisotopic (exact) mass is 292 g/mol. The zero-order valence-electron chi connectivity index (χ0n) is 11.1. The number of carbonyl (C=O) groups is 1. The summed E-state index contributed by atoms with van der Waals surface area (Å²) in [4.78, 5) is 12.2. The van der Waals surface area contributed by atoms with Gasteiger partial charge in [0.05, 0.1) is 10.6 Å². The average molecular weight is 293 g/mol. The lowest BCUT2D eigenvalue weighted by molar-refractivity contribution is 0.102. The second-order valence-corrected chi connectivity index (χ2v) is 4.93. The Morgan fingerprint density at radius 1 is 1.25 bits per heavy atom. The van der Waals surface area contributed by atoms with Gasteiger partial charge in [-0.1, -0.05) is 23.7 Å². The Kier molecular flexibility index (Phi) is 3.95. The van der Waals surface area contributed by atoms with E-state index in [9.17, 15) is 9.18 Å². The molecule has 0 atom stereocenters. The normalized spacial score (nSPS) is 10.4. The van der Waals surface area contributed by atoms with Crippen molar-refractivity contribution in [1.82, 2.24) is 0 Å². The molecule has 0 fully saturated rings. The van der Waals surface area contributed by atoms with E-state index in [0.29, 0.717) is 11.4 Å². The number of nitrogen functional groups attached to an aromatic ring is 1. The number of rotatable bonds is 2. The summed E-state index contributed by atoms with van der Waals surface area (Å²) < 4.78 is 13.8. The molecule has 0 radical (unpaired) electrons. The third-order valence-electron chi connectivity index (χ3n) is 3.15. The number of aryl methyl sites for hydroxylation is 1. The van der Waals surface area contributed by atoms with Gasteiger partial charge in [0.25, 0.3) is 5.91 Å². The van der Waals surface area contributed by atoms with Crippen LogP contribution in [0.2, 0.25) is 5.02 Å². The quantitative estimate of drug-likeness (QED) is 0.824. The molecule has 104 valence electrons. The zero-order chi connectivity index (χ0) is 14.9. The van der Waals surface area contributed by atoms with Crippen molar-refractivity contribution in [3.63, 3.8) is 0 Å². The number of benzene rings is 2. The molecule has 0 saturated carbocycles. The smallest absolute Gasteiger partial charge is 0.258 e. The summed E-state index contributed by atoms with van der Waals surface area (Å²) in [5.74, 6) is -1.28. The largest absolute Gasteiger partial charge is 0.398 e. The van der Waals surface area contributed by atoms with E-state index in [-0.39, 0.29) is 10.6 Å². The van der Waals surface area contributed by atoms with Crippen molar-refractivity contribution < 1.29 is 9.18 Å². The lowest BCUT2D eigenvalue weighted by atomic mass is 10.1. The summed E-state index contributed by atoms with van der Waals surface area (Å²) in [5, 5.41) is 2.60. The van der Waals surface area contributed by atoms with Gasteiger partial charge in [-0.3, -0.25) is 4.79 Å². The van der Waals surface area contributed by atoms with Crippen LogP contribution in [0.3, 0.4) is 0 Å². The summed E-state index contributed by atoms with van der Waals surface area (Å²) in [5.41, 5.74) is 8.48. The number of hydrogen-bond donors (Lipinski definition) is 2. The number of hydrogen-bond acceptors (Lipinski definition) is 2. The summed E-state index contributed by atoms with van der Waals surface area (Å²) in [6.07, 6.45) is 0. The first kappa shape index (κ1) is 14.3. The molecule has 0 aliphatic carbocycles. The third kappa shape index (κ3) is 2.60. The van der Waals surface area contributed by atoms with E-state index in [0.717, 1.165) is 11.1 Å². The third-order valence-corrected chi connectivity index (χ3v) is 3.44. The van der Waals surface area contributed by atoms with Crippen LogP contribution in [0.25, 0.3) is 0 Å². The van der Waals surface area contributed by atoms with E-state index in [4.69, 9.17) is 17.3 Å². The fourth-order valence-electron chi connectivity index (χ4n) is 1.92. The molecule has 0 heterocycles. The summed E-state index contributed by atoms with van der Waals surface area (Å²) >= 11 is 5.67. The van der Waals surface area contributed by atoms with E-state index in [1.807, 2.05) is 6.92 Å². The highest BCUT2D eigenvalue weighted by Crippen LogP contribution is 2.26. The lowest BCUT2D eigenvalue weighted by Crippen LogP contribution is -2.16. The highest BCUT2D eigenvalue weighted by Gasteiger charge is 2.16. The van der Waals surface area contributed by atoms with Gasteiger partial charge in [0.2, 0.25) is 0 Å². The van der Waals surface area contributed by atoms with Gasteiger partial charge in [0, 0.05) is 11.4 Å². The van der Waals surface area contributed by atoms with E-state index >= 15 is 0 Å². The number of amides is 1. The van der Waals surface area contributed by atoms with Crippen LogP contribution < -0.4 is 11.1 Å². The average Bonchev–Trinajstić information content (AvgIpc) is 2.42. The van der Waals surface area contributed by atoms with E-state index in [1.54, 1.807) is 19.1 Å². The molecule has 2 aromatic rings. The summed E-state index contributed by atoms with van der Waals surface area (Å²) in [6, 6.07) is 7.87. The van der Waals surface area contributed by atoms with E-state index in [1.165, 1.54) is 18.2 Å². The molecule has 1 amide bonds. The molecule has 20 heavy (non-hydrogen) atoms. The standard InChI is InChI=1S/C15H14ClFN2O/c1-8-6-7-12(18)9(2)14(8)19-15(20)10-4-3-5-11(16)13(10)17/h3-7H,18H2,1-2H3,(H,19,20). The second kappa shape index (κ2) is 5.51. The zero-order valence-corrected chi connectivity index (χ0v) is 11.9. The molecule has 0 unspecified atom stereocenters. The van der Waals surface area contributed by atoms with Crippen molar-refractivity contribution in [3.8, 4) is 0 Å². The molecule has 2 aromatic carbocycles. The van der Waals surface area contributed by atoms with E-state index in [2.05, 4.69) is 5.32 Å². The first-order valence-electron chi connectivity index (χ1n) is 6.03. The van der Waals surface area contributed by atoms with Crippen molar-refractivity contribution >= 4 is 28.9 Å². The first-order valence-corrected chi connectivity index (χ1v) is 6.40. The van der Waals surface area contributed by atoms with Crippen molar-refractivity contribution in [2.45, 2.75) is 13.8 Å². The Hall–Kier alpha value is -2.07. The molecule has 0 aliphatic heterocycles. The number of carbonyl (C=O) groups excluding carboxylic acids is 1. The minimum Gasteiger partial charge on any atom is -0.398 e. The maximum atomic E-state index is 13.8. The van der Waals surface area contributed by atoms with Crippen LogP contribution in [0.4, 0.5) is 15.8 Å². The van der Waals surface area contributed by atoms with Gasteiger partial charge in [-0.25, -0.2) is 4.39 Å². The van der Waals surface area contributed by atoms with Gasteiger partial charge in [-0.05, 0) is 43.2 Å². The van der Waals surface area contributed by atoms with Crippen LogP contribution in [-0.2, 0) is 0 Å². The fourth-order valence-corrected chi connectivity index (χ4v) is 2.09. The van der Waals surface area contributed by atoms with Crippen molar-refractivity contribution in [1.29, 1.82) is 0 Å². The van der Waals surface area contributed by atoms with Gasteiger partial charge in [-0.15, -0.1) is 0 Å². The fraction of sp³-hybridized carbons (Fsp3) is 0.133. The molecule has 2 rings (SSSR count). The molecule has 3 N–H and O–H groups in total. The molecule has 0 saturated heterocycles. The molecule has 3 nitrogen and oxygen atoms in total. The van der Waals surface area contributed by atoms with Crippen LogP contribution in [0.5, 0.6) is 0 Å². The molecule has 0 spiro atoms. The number of nitrogens with one attached hydrogen (secondary N) is 1. The van der Waals surface area contributed by atoms with Crippen molar-refractivity contribution in [2.24, 2.45) is 0 Å². The predicted molar refractivity (Wildman–Crippen MR) is 79.7 cm³/mol. The molecular formula is C15H14ClFN2O. The minimum atomic E-state index is -0.731. The van der Waals surface area contributed by atoms with Crippen LogP contribution in [0.15, 0.2) is 30.3 Å². The highest BCUT2D eigenvalue weighted by atomic mass is 35.5.